The van der Waals surface area contributed by atoms with E-state index in [1.807, 2.05) is 45.0 Å². The molecule has 1 aromatic carbocycles. The van der Waals surface area contributed by atoms with Crippen molar-refractivity contribution in [3.63, 3.8) is 0 Å². The van der Waals surface area contributed by atoms with Gasteiger partial charge in [-0.25, -0.2) is 4.79 Å². The van der Waals surface area contributed by atoms with Crippen LogP contribution in [-0.4, -0.2) is 35.1 Å². The summed E-state index contributed by atoms with van der Waals surface area (Å²) in [5, 5.41) is 2.90. The molecule has 1 N–H and O–H groups in total. The molecule has 23 heavy (non-hydrogen) atoms. The van der Waals surface area contributed by atoms with Crippen LogP contribution >= 0.6 is 15.9 Å². The molecule has 1 fully saturated rings. The van der Waals surface area contributed by atoms with Crippen LogP contribution in [0, 0.1) is 0 Å². The fourth-order valence-corrected chi connectivity index (χ4v) is 2.75. The quantitative estimate of drug-likeness (QED) is 0.870. The third kappa shape index (κ3) is 5.23. The summed E-state index contributed by atoms with van der Waals surface area (Å²) in [5.41, 5.74) is 0.460. The molecule has 0 unspecified atom stereocenters. The van der Waals surface area contributed by atoms with Crippen molar-refractivity contribution in [2.75, 3.05) is 6.54 Å². The van der Waals surface area contributed by atoms with E-state index < -0.39 is 17.7 Å². The van der Waals surface area contributed by atoms with Gasteiger partial charge in [0, 0.05) is 17.6 Å². The summed E-state index contributed by atoms with van der Waals surface area (Å²) < 4.78 is 6.38. The third-order valence-corrected chi connectivity index (χ3v) is 4.09. The van der Waals surface area contributed by atoms with E-state index in [0.717, 1.165) is 16.5 Å². The van der Waals surface area contributed by atoms with Gasteiger partial charge in [0.1, 0.15) is 11.6 Å². The van der Waals surface area contributed by atoms with Gasteiger partial charge in [0.15, 0.2) is 0 Å². The average molecular weight is 383 g/mol. The van der Waals surface area contributed by atoms with Gasteiger partial charge in [-0.3, -0.25) is 9.69 Å². The zero-order valence-electron chi connectivity index (χ0n) is 13.8. The Morgan fingerprint density at radius 2 is 1.96 bits per heavy atom. The summed E-state index contributed by atoms with van der Waals surface area (Å²) in [6, 6.07) is 7.32. The van der Waals surface area contributed by atoms with Crippen molar-refractivity contribution < 1.29 is 14.3 Å². The first-order chi connectivity index (χ1) is 10.8. The molecule has 0 spiro atoms. The van der Waals surface area contributed by atoms with E-state index >= 15 is 0 Å². The summed E-state index contributed by atoms with van der Waals surface area (Å²) in [5.74, 6) is -0.128. The van der Waals surface area contributed by atoms with Crippen molar-refractivity contribution in [3.05, 3.63) is 34.3 Å². The van der Waals surface area contributed by atoms with Crippen LogP contribution < -0.4 is 5.32 Å². The summed E-state index contributed by atoms with van der Waals surface area (Å²) in [6.07, 6.45) is 1.07. The van der Waals surface area contributed by atoms with Crippen molar-refractivity contribution in [1.82, 2.24) is 10.2 Å². The SMILES string of the molecule is CC(C)(C)OC(=O)N1CCC[C@H]1C(=O)NCc1ccc(Br)cc1. The number of ether oxygens (including phenoxy) is 1. The lowest BCUT2D eigenvalue weighted by atomic mass is 10.2. The third-order valence-electron chi connectivity index (χ3n) is 3.56. The molecule has 1 saturated heterocycles. The zero-order chi connectivity index (χ0) is 17.0. The van der Waals surface area contributed by atoms with Crippen LogP contribution in [-0.2, 0) is 16.1 Å². The van der Waals surface area contributed by atoms with Gasteiger partial charge in [-0.2, -0.15) is 0 Å². The second kappa shape index (κ2) is 7.34. The number of carbonyl (C=O) groups is 2. The number of hydrogen-bond donors (Lipinski definition) is 1. The van der Waals surface area contributed by atoms with Gasteiger partial charge < -0.3 is 10.1 Å². The van der Waals surface area contributed by atoms with Crippen molar-refractivity contribution in [2.45, 2.75) is 51.8 Å². The first-order valence-electron chi connectivity index (χ1n) is 7.78. The molecule has 2 amide bonds. The molecule has 1 aliphatic rings. The van der Waals surface area contributed by atoms with Gasteiger partial charge in [0.2, 0.25) is 5.91 Å². The van der Waals surface area contributed by atoms with Crippen molar-refractivity contribution in [1.29, 1.82) is 0 Å². The Hall–Kier alpha value is -1.56. The van der Waals surface area contributed by atoms with E-state index in [1.165, 1.54) is 4.90 Å². The molecule has 0 saturated carbocycles. The minimum atomic E-state index is -0.557. The molecule has 126 valence electrons. The lowest BCUT2D eigenvalue weighted by Crippen LogP contribution is -2.47. The highest BCUT2D eigenvalue weighted by Gasteiger charge is 2.36. The van der Waals surface area contributed by atoms with Crippen molar-refractivity contribution >= 4 is 27.9 Å². The number of halogens is 1. The fraction of sp³-hybridized carbons (Fsp3) is 0.529. The monoisotopic (exact) mass is 382 g/mol. The summed E-state index contributed by atoms with van der Waals surface area (Å²) >= 11 is 3.38. The Kier molecular flexibility index (Phi) is 5.68. The topological polar surface area (TPSA) is 58.6 Å². The number of nitrogens with zero attached hydrogens (tertiary/aromatic N) is 1. The predicted molar refractivity (Wildman–Crippen MR) is 92.0 cm³/mol. The van der Waals surface area contributed by atoms with Crippen LogP contribution in [0.1, 0.15) is 39.2 Å². The number of hydrogen-bond acceptors (Lipinski definition) is 3. The summed E-state index contributed by atoms with van der Waals surface area (Å²) in [4.78, 5) is 26.1. The second-order valence-corrected chi connectivity index (χ2v) is 7.59. The van der Waals surface area contributed by atoms with E-state index in [-0.39, 0.29) is 5.91 Å². The number of likely N-dealkylation sites (tertiary alicyclic amines) is 1. The zero-order valence-corrected chi connectivity index (χ0v) is 15.4. The minimum absolute atomic E-state index is 0.128. The molecule has 6 heteroatoms. The highest BCUT2D eigenvalue weighted by Crippen LogP contribution is 2.21. The molecule has 2 rings (SSSR count). The maximum absolute atomic E-state index is 12.4. The first kappa shape index (κ1) is 17.8. The van der Waals surface area contributed by atoms with Gasteiger partial charge in [-0.1, -0.05) is 28.1 Å². The molecule has 0 aromatic heterocycles. The molecular weight excluding hydrogens is 360 g/mol. The Labute approximate surface area is 145 Å². The molecule has 5 nitrogen and oxygen atoms in total. The highest BCUT2D eigenvalue weighted by atomic mass is 79.9. The average Bonchev–Trinajstić information content (AvgIpc) is 2.94. The molecule has 0 radical (unpaired) electrons. The second-order valence-electron chi connectivity index (χ2n) is 6.68. The minimum Gasteiger partial charge on any atom is -0.444 e. The fourth-order valence-electron chi connectivity index (χ4n) is 2.49. The maximum Gasteiger partial charge on any atom is 0.410 e. The van der Waals surface area contributed by atoms with Gasteiger partial charge in [0.05, 0.1) is 0 Å². The standard InChI is InChI=1S/C17H23BrN2O3/c1-17(2,3)23-16(22)20-10-4-5-14(20)15(21)19-11-12-6-8-13(18)9-7-12/h6-9,14H,4-5,10-11H2,1-3H3,(H,19,21)/t14-/m0/s1. The van der Waals surface area contributed by atoms with Crippen LogP contribution in [0.25, 0.3) is 0 Å². The normalized spacial score (nSPS) is 17.9. The van der Waals surface area contributed by atoms with E-state index in [1.54, 1.807) is 0 Å². The molecular formula is C17H23BrN2O3. The van der Waals surface area contributed by atoms with Gasteiger partial charge >= 0.3 is 6.09 Å². The summed E-state index contributed by atoms with van der Waals surface area (Å²) in [6.45, 7) is 6.48. The van der Waals surface area contributed by atoms with E-state index in [4.69, 9.17) is 4.74 Å². The lowest BCUT2D eigenvalue weighted by Gasteiger charge is -2.28. The first-order valence-corrected chi connectivity index (χ1v) is 8.57. The summed E-state index contributed by atoms with van der Waals surface area (Å²) in [7, 11) is 0. The molecule has 1 heterocycles. The molecule has 1 atom stereocenters. The van der Waals surface area contributed by atoms with Gasteiger partial charge in [-0.05, 0) is 51.3 Å². The number of amides is 2. The number of carbonyl (C=O) groups excluding carboxylic acids is 2. The number of rotatable bonds is 3. The van der Waals surface area contributed by atoms with Crippen LogP contribution in [0.2, 0.25) is 0 Å². The largest absolute Gasteiger partial charge is 0.444 e. The Balaban J connectivity index is 1.92. The molecule has 1 aromatic rings. The highest BCUT2D eigenvalue weighted by molar-refractivity contribution is 9.10. The predicted octanol–water partition coefficient (Wildman–Crippen LogP) is 3.46. The number of nitrogens with one attached hydrogen (secondary N) is 1. The van der Waals surface area contributed by atoms with Gasteiger partial charge in [0.25, 0.3) is 0 Å². The Morgan fingerprint density at radius 1 is 1.30 bits per heavy atom. The van der Waals surface area contributed by atoms with Crippen LogP contribution in [0.3, 0.4) is 0 Å². The molecule has 0 aliphatic carbocycles. The number of benzene rings is 1. The van der Waals surface area contributed by atoms with Crippen molar-refractivity contribution in [3.8, 4) is 0 Å². The van der Waals surface area contributed by atoms with E-state index in [9.17, 15) is 9.59 Å². The Bertz CT molecular complexity index is 566. The van der Waals surface area contributed by atoms with Crippen LogP contribution in [0.5, 0.6) is 0 Å². The Morgan fingerprint density at radius 3 is 2.57 bits per heavy atom. The molecule has 1 aliphatic heterocycles. The van der Waals surface area contributed by atoms with Crippen LogP contribution in [0.15, 0.2) is 28.7 Å². The van der Waals surface area contributed by atoms with Crippen molar-refractivity contribution in [2.24, 2.45) is 0 Å². The maximum atomic E-state index is 12.4. The van der Waals surface area contributed by atoms with E-state index in [0.29, 0.717) is 19.5 Å². The van der Waals surface area contributed by atoms with Gasteiger partial charge in [-0.15, -0.1) is 0 Å². The molecule has 0 bridgehead atoms. The van der Waals surface area contributed by atoms with E-state index in [2.05, 4.69) is 21.2 Å². The smallest absolute Gasteiger partial charge is 0.410 e. The van der Waals surface area contributed by atoms with Crippen LogP contribution in [0.4, 0.5) is 4.79 Å². The lowest BCUT2D eigenvalue weighted by molar-refractivity contribution is -0.125.